The van der Waals surface area contributed by atoms with Crippen molar-refractivity contribution >= 4 is 23.0 Å². The summed E-state index contributed by atoms with van der Waals surface area (Å²) >= 11 is 0. The number of pyridine rings is 1. The molecule has 7 heteroatoms. The van der Waals surface area contributed by atoms with Crippen molar-refractivity contribution in [2.45, 2.75) is 26.2 Å². The van der Waals surface area contributed by atoms with Crippen LogP contribution in [0, 0.1) is 11.3 Å². The summed E-state index contributed by atoms with van der Waals surface area (Å²) in [4.78, 5) is 29.6. The van der Waals surface area contributed by atoms with E-state index in [2.05, 4.69) is 22.5 Å². The molecule has 0 saturated heterocycles. The van der Waals surface area contributed by atoms with Gasteiger partial charge in [-0.1, -0.05) is 38.0 Å². The lowest BCUT2D eigenvalue weighted by Gasteiger charge is -2.05. The van der Waals surface area contributed by atoms with Crippen LogP contribution in [-0.2, 0) is 0 Å². The summed E-state index contributed by atoms with van der Waals surface area (Å²) in [6.07, 6.45) is 4.68. The zero-order chi connectivity index (χ0) is 19.9. The number of carbonyl (C=O) groups excluding carboxylic acids is 2. The summed E-state index contributed by atoms with van der Waals surface area (Å²) in [6.45, 7) is 2.66. The van der Waals surface area contributed by atoms with Crippen molar-refractivity contribution in [1.29, 1.82) is 5.26 Å². The molecule has 28 heavy (non-hydrogen) atoms. The van der Waals surface area contributed by atoms with Crippen LogP contribution < -0.4 is 10.6 Å². The lowest BCUT2D eigenvalue weighted by atomic mass is 10.2. The molecule has 0 spiro atoms. The van der Waals surface area contributed by atoms with Gasteiger partial charge in [0, 0.05) is 12.7 Å². The first-order chi connectivity index (χ1) is 13.7. The lowest BCUT2D eigenvalue weighted by Crippen LogP contribution is -2.25. The molecule has 1 aromatic carbocycles. The molecule has 0 saturated carbocycles. The van der Waals surface area contributed by atoms with Crippen LogP contribution in [-0.4, -0.2) is 27.7 Å². The molecule has 7 nitrogen and oxygen atoms in total. The van der Waals surface area contributed by atoms with Gasteiger partial charge in [-0.15, -0.1) is 0 Å². The summed E-state index contributed by atoms with van der Waals surface area (Å²) in [7, 11) is 0. The van der Waals surface area contributed by atoms with Gasteiger partial charge >= 0.3 is 0 Å². The van der Waals surface area contributed by atoms with E-state index in [0.29, 0.717) is 23.3 Å². The van der Waals surface area contributed by atoms with Gasteiger partial charge in [0.05, 0.1) is 16.8 Å². The highest BCUT2D eigenvalue weighted by molar-refractivity contribution is 6.06. The number of benzene rings is 1. The summed E-state index contributed by atoms with van der Waals surface area (Å²) < 4.78 is 1.57. The molecule has 0 fully saturated rings. The lowest BCUT2D eigenvalue weighted by molar-refractivity contribution is 0.0950. The SMILES string of the molecule is CCCCCNC(=O)c1nc(C(=O)Nc2ccccc2C#N)n2ccccc12. The maximum Gasteiger partial charge on any atom is 0.292 e. The minimum atomic E-state index is -0.492. The monoisotopic (exact) mass is 375 g/mol. The number of hydrogen-bond acceptors (Lipinski definition) is 4. The summed E-state index contributed by atoms with van der Waals surface area (Å²) in [5.41, 5.74) is 1.50. The standard InChI is InChI=1S/C21H21N5O2/c1-2-3-7-12-23-20(27)18-17-11-6-8-13-26(17)19(25-18)21(28)24-16-10-5-4-9-15(16)14-22/h4-6,8-11,13H,2-3,7,12H2,1H3,(H,23,27)(H,24,28). The van der Waals surface area contributed by atoms with Gasteiger partial charge in [0.1, 0.15) is 6.07 Å². The minimum absolute atomic E-state index is 0.0852. The van der Waals surface area contributed by atoms with Crippen LogP contribution in [0.2, 0.25) is 0 Å². The number of imidazole rings is 1. The molecule has 0 atom stereocenters. The van der Waals surface area contributed by atoms with Gasteiger partial charge < -0.3 is 10.6 Å². The summed E-state index contributed by atoms with van der Waals surface area (Å²) in [5, 5.41) is 14.8. The fourth-order valence-corrected chi connectivity index (χ4v) is 2.89. The van der Waals surface area contributed by atoms with E-state index in [4.69, 9.17) is 0 Å². The smallest absolute Gasteiger partial charge is 0.292 e. The number of anilines is 1. The minimum Gasteiger partial charge on any atom is -0.351 e. The first-order valence-corrected chi connectivity index (χ1v) is 9.21. The van der Waals surface area contributed by atoms with Crippen molar-refractivity contribution < 1.29 is 9.59 Å². The molecular formula is C21H21N5O2. The Morgan fingerprint density at radius 3 is 2.68 bits per heavy atom. The molecule has 2 heterocycles. The summed E-state index contributed by atoms with van der Waals surface area (Å²) in [6, 6.07) is 14.1. The Labute approximate surface area is 163 Å². The number of para-hydroxylation sites is 1. The predicted octanol–water partition coefficient (Wildman–Crippen LogP) is 3.38. The Balaban J connectivity index is 1.88. The third-order valence-corrected chi connectivity index (χ3v) is 4.33. The molecule has 3 aromatic rings. The van der Waals surface area contributed by atoms with Gasteiger partial charge in [-0.3, -0.25) is 14.0 Å². The van der Waals surface area contributed by atoms with Crippen LogP contribution >= 0.6 is 0 Å². The first-order valence-electron chi connectivity index (χ1n) is 9.21. The molecule has 3 rings (SSSR count). The maximum absolute atomic E-state index is 12.8. The van der Waals surface area contributed by atoms with Gasteiger partial charge in [0.25, 0.3) is 11.8 Å². The van der Waals surface area contributed by atoms with E-state index in [9.17, 15) is 14.9 Å². The van der Waals surface area contributed by atoms with Crippen molar-refractivity contribution in [3.8, 4) is 6.07 Å². The van der Waals surface area contributed by atoms with Crippen LogP contribution in [0.15, 0.2) is 48.7 Å². The highest BCUT2D eigenvalue weighted by atomic mass is 16.2. The van der Waals surface area contributed by atoms with Crippen molar-refractivity contribution in [1.82, 2.24) is 14.7 Å². The van der Waals surface area contributed by atoms with E-state index in [0.717, 1.165) is 19.3 Å². The molecule has 0 unspecified atom stereocenters. The number of nitrogens with zero attached hydrogens (tertiary/aromatic N) is 3. The van der Waals surface area contributed by atoms with E-state index < -0.39 is 5.91 Å². The van der Waals surface area contributed by atoms with Crippen LogP contribution in [0.1, 0.15) is 52.9 Å². The van der Waals surface area contributed by atoms with Crippen molar-refractivity contribution in [3.05, 3.63) is 65.7 Å². The summed E-state index contributed by atoms with van der Waals surface area (Å²) in [5.74, 6) is -0.715. The number of amides is 2. The van der Waals surface area contributed by atoms with Crippen LogP contribution in [0.5, 0.6) is 0 Å². The third kappa shape index (κ3) is 4.01. The number of carbonyl (C=O) groups is 2. The number of unbranched alkanes of at least 4 members (excludes halogenated alkanes) is 2. The second-order valence-corrected chi connectivity index (χ2v) is 6.31. The number of fused-ring (bicyclic) bond motifs is 1. The molecule has 2 N–H and O–H groups in total. The normalized spacial score (nSPS) is 10.4. The highest BCUT2D eigenvalue weighted by Gasteiger charge is 2.21. The second-order valence-electron chi connectivity index (χ2n) is 6.31. The maximum atomic E-state index is 12.8. The Hall–Kier alpha value is -3.66. The molecule has 0 radical (unpaired) electrons. The number of aromatic nitrogens is 2. The van der Waals surface area contributed by atoms with Gasteiger partial charge in [0.15, 0.2) is 5.69 Å². The number of rotatable bonds is 7. The van der Waals surface area contributed by atoms with Crippen molar-refractivity contribution in [2.75, 3.05) is 11.9 Å². The predicted molar refractivity (Wildman–Crippen MR) is 106 cm³/mol. The Morgan fingerprint density at radius 1 is 1.11 bits per heavy atom. The van der Waals surface area contributed by atoms with E-state index in [1.807, 2.05) is 6.07 Å². The molecule has 0 aliphatic rings. The van der Waals surface area contributed by atoms with E-state index in [-0.39, 0.29) is 17.4 Å². The molecule has 0 aliphatic heterocycles. The Morgan fingerprint density at radius 2 is 1.89 bits per heavy atom. The van der Waals surface area contributed by atoms with Gasteiger partial charge in [-0.2, -0.15) is 5.26 Å². The van der Waals surface area contributed by atoms with Crippen molar-refractivity contribution in [2.24, 2.45) is 0 Å². The van der Waals surface area contributed by atoms with Crippen molar-refractivity contribution in [3.63, 3.8) is 0 Å². The van der Waals surface area contributed by atoms with Crippen LogP contribution in [0.3, 0.4) is 0 Å². The van der Waals surface area contributed by atoms with Gasteiger partial charge in [-0.05, 0) is 30.7 Å². The Bertz CT molecular complexity index is 1050. The Kier molecular flexibility index (Phi) is 6.02. The molecule has 0 bridgehead atoms. The largest absolute Gasteiger partial charge is 0.351 e. The molecule has 2 aromatic heterocycles. The quantitative estimate of drug-likeness (QED) is 0.618. The third-order valence-electron chi connectivity index (χ3n) is 4.33. The number of nitrogens with one attached hydrogen (secondary N) is 2. The average Bonchev–Trinajstić information content (AvgIpc) is 3.11. The number of hydrogen-bond donors (Lipinski definition) is 2. The van der Waals surface area contributed by atoms with E-state index in [1.54, 1.807) is 53.1 Å². The molecular weight excluding hydrogens is 354 g/mol. The first kappa shape index (κ1) is 19.1. The zero-order valence-electron chi connectivity index (χ0n) is 15.6. The highest BCUT2D eigenvalue weighted by Crippen LogP contribution is 2.17. The molecule has 142 valence electrons. The van der Waals surface area contributed by atoms with Gasteiger partial charge in [-0.25, -0.2) is 4.98 Å². The van der Waals surface area contributed by atoms with Crippen LogP contribution in [0.25, 0.3) is 5.52 Å². The van der Waals surface area contributed by atoms with Gasteiger partial charge in [0.2, 0.25) is 5.82 Å². The molecule has 0 aliphatic carbocycles. The van der Waals surface area contributed by atoms with E-state index in [1.165, 1.54) is 0 Å². The van der Waals surface area contributed by atoms with E-state index >= 15 is 0 Å². The molecule has 2 amide bonds. The van der Waals surface area contributed by atoms with Crippen LogP contribution in [0.4, 0.5) is 5.69 Å². The average molecular weight is 375 g/mol. The fraction of sp³-hybridized carbons (Fsp3) is 0.238. The second kappa shape index (κ2) is 8.82. The topological polar surface area (TPSA) is 99.3 Å². The zero-order valence-corrected chi connectivity index (χ0v) is 15.6. The fourth-order valence-electron chi connectivity index (χ4n) is 2.89. The number of nitriles is 1.